The van der Waals surface area contributed by atoms with Gasteiger partial charge in [0.25, 0.3) is 0 Å². The molecule has 0 aliphatic heterocycles. The van der Waals surface area contributed by atoms with Crippen LogP contribution in [0.1, 0.15) is 28.7 Å². The van der Waals surface area contributed by atoms with E-state index < -0.39 is 0 Å². The average Bonchev–Trinajstić information content (AvgIpc) is 2.47. The van der Waals surface area contributed by atoms with Crippen LogP contribution in [-0.2, 0) is 12.8 Å². The maximum atomic E-state index is 10.3. The van der Waals surface area contributed by atoms with Crippen molar-refractivity contribution < 1.29 is 9.84 Å². The van der Waals surface area contributed by atoms with E-state index in [1.165, 1.54) is 16.7 Å². The van der Waals surface area contributed by atoms with Crippen LogP contribution in [0.25, 0.3) is 0 Å². The van der Waals surface area contributed by atoms with Crippen molar-refractivity contribution in [2.24, 2.45) is 0 Å². The van der Waals surface area contributed by atoms with Crippen molar-refractivity contribution in [3.63, 3.8) is 0 Å². The second-order valence-electron chi connectivity index (χ2n) is 5.64. The van der Waals surface area contributed by atoms with Gasteiger partial charge in [-0.2, -0.15) is 0 Å². The van der Waals surface area contributed by atoms with Gasteiger partial charge in [0.15, 0.2) is 0 Å². The zero-order valence-corrected chi connectivity index (χ0v) is 13.1. The summed E-state index contributed by atoms with van der Waals surface area (Å²) in [4.78, 5) is 0. The van der Waals surface area contributed by atoms with Gasteiger partial charge in [-0.05, 0) is 49.4 Å². The zero-order chi connectivity index (χ0) is 15.2. The van der Waals surface area contributed by atoms with Crippen LogP contribution in [0.15, 0.2) is 42.5 Å². The molecule has 0 bridgehead atoms. The van der Waals surface area contributed by atoms with Crippen molar-refractivity contribution in [3.05, 3.63) is 64.7 Å². The Morgan fingerprint density at radius 1 is 1.05 bits per heavy atom. The van der Waals surface area contributed by atoms with Gasteiger partial charge in [0, 0.05) is 6.42 Å². The van der Waals surface area contributed by atoms with Crippen molar-refractivity contribution >= 4 is 0 Å². The highest BCUT2D eigenvalue weighted by Gasteiger charge is 2.11. The summed E-state index contributed by atoms with van der Waals surface area (Å²) in [7, 11) is 1.67. The van der Waals surface area contributed by atoms with Gasteiger partial charge in [-0.25, -0.2) is 0 Å². The summed E-state index contributed by atoms with van der Waals surface area (Å²) in [6, 6.07) is 14.4. The number of ether oxygens (including phenoxy) is 1. The van der Waals surface area contributed by atoms with Gasteiger partial charge in [0.05, 0.1) is 13.2 Å². The molecular formula is C19H24O2. The summed E-state index contributed by atoms with van der Waals surface area (Å²) in [6.07, 6.45) is 1.96. The van der Waals surface area contributed by atoms with E-state index in [1.54, 1.807) is 7.11 Å². The molecule has 112 valence electrons. The monoisotopic (exact) mass is 284 g/mol. The van der Waals surface area contributed by atoms with Gasteiger partial charge in [-0.3, -0.25) is 0 Å². The molecule has 0 saturated carbocycles. The lowest BCUT2D eigenvalue weighted by atomic mass is 9.98. The predicted octanol–water partition coefficient (Wildman–Crippen LogP) is 3.85. The first kappa shape index (κ1) is 15.6. The average molecular weight is 284 g/mol. The predicted molar refractivity (Wildman–Crippen MR) is 86.9 cm³/mol. The molecule has 1 atom stereocenters. The van der Waals surface area contributed by atoms with Crippen LogP contribution in [0, 0.1) is 13.8 Å². The summed E-state index contributed by atoms with van der Waals surface area (Å²) in [6.45, 7) is 4.17. The first-order chi connectivity index (χ1) is 10.1. The molecular weight excluding hydrogens is 260 g/mol. The molecule has 2 rings (SSSR count). The molecule has 0 radical (unpaired) electrons. The number of aliphatic hydroxyl groups is 1. The molecule has 1 N–H and O–H groups in total. The minimum atomic E-state index is -0.347. The van der Waals surface area contributed by atoms with Crippen LogP contribution in [0.3, 0.4) is 0 Å². The molecule has 0 aliphatic carbocycles. The normalized spacial score (nSPS) is 12.2. The lowest BCUT2D eigenvalue weighted by Gasteiger charge is -2.15. The number of hydrogen-bond donors (Lipinski definition) is 1. The zero-order valence-electron chi connectivity index (χ0n) is 13.1. The van der Waals surface area contributed by atoms with E-state index in [0.717, 1.165) is 24.2 Å². The van der Waals surface area contributed by atoms with Gasteiger partial charge in [-0.1, -0.05) is 42.0 Å². The second-order valence-corrected chi connectivity index (χ2v) is 5.64. The van der Waals surface area contributed by atoms with Crippen molar-refractivity contribution in [3.8, 4) is 5.75 Å². The van der Waals surface area contributed by atoms with Crippen molar-refractivity contribution in [2.45, 2.75) is 39.2 Å². The Hall–Kier alpha value is -1.80. The van der Waals surface area contributed by atoms with Crippen LogP contribution in [0.5, 0.6) is 5.75 Å². The molecule has 2 nitrogen and oxygen atoms in total. The molecule has 0 aliphatic rings. The SMILES string of the molecule is COc1ccc(C)cc1CC(O)CCc1ccccc1C. The van der Waals surface area contributed by atoms with E-state index in [9.17, 15) is 5.11 Å². The van der Waals surface area contributed by atoms with Crippen LogP contribution in [-0.4, -0.2) is 18.3 Å². The Balaban J connectivity index is 1.97. The largest absolute Gasteiger partial charge is 0.496 e. The van der Waals surface area contributed by atoms with Crippen molar-refractivity contribution in [1.29, 1.82) is 0 Å². The molecule has 0 saturated heterocycles. The summed E-state index contributed by atoms with van der Waals surface area (Å²) >= 11 is 0. The Morgan fingerprint density at radius 2 is 1.81 bits per heavy atom. The van der Waals surface area contributed by atoms with Gasteiger partial charge in [0.2, 0.25) is 0 Å². The molecule has 2 aromatic carbocycles. The fraction of sp³-hybridized carbons (Fsp3) is 0.368. The van der Waals surface area contributed by atoms with Gasteiger partial charge in [-0.15, -0.1) is 0 Å². The molecule has 0 fully saturated rings. The number of methoxy groups -OCH3 is 1. The Bertz CT molecular complexity index is 590. The topological polar surface area (TPSA) is 29.5 Å². The third kappa shape index (κ3) is 4.33. The van der Waals surface area contributed by atoms with E-state index in [-0.39, 0.29) is 6.10 Å². The minimum Gasteiger partial charge on any atom is -0.496 e. The van der Waals surface area contributed by atoms with Gasteiger partial charge in [0.1, 0.15) is 5.75 Å². The van der Waals surface area contributed by atoms with Gasteiger partial charge >= 0.3 is 0 Å². The Labute approximate surface area is 127 Å². The molecule has 0 amide bonds. The summed E-state index contributed by atoms with van der Waals surface area (Å²) in [5.41, 5.74) is 4.87. The quantitative estimate of drug-likeness (QED) is 0.873. The summed E-state index contributed by atoms with van der Waals surface area (Å²) in [5, 5.41) is 10.3. The Morgan fingerprint density at radius 3 is 2.52 bits per heavy atom. The standard InChI is InChI=1S/C19H24O2/c1-14-8-11-19(21-3)17(12-14)13-18(20)10-9-16-7-5-4-6-15(16)2/h4-8,11-12,18,20H,9-10,13H2,1-3H3. The van der Waals surface area contributed by atoms with Crippen LogP contribution in [0.4, 0.5) is 0 Å². The van der Waals surface area contributed by atoms with Crippen molar-refractivity contribution in [1.82, 2.24) is 0 Å². The van der Waals surface area contributed by atoms with Gasteiger partial charge < -0.3 is 9.84 Å². The van der Waals surface area contributed by atoms with Crippen LogP contribution >= 0.6 is 0 Å². The highest BCUT2D eigenvalue weighted by molar-refractivity contribution is 5.37. The summed E-state index contributed by atoms with van der Waals surface area (Å²) in [5.74, 6) is 0.857. The number of hydrogen-bond acceptors (Lipinski definition) is 2. The smallest absolute Gasteiger partial charge is 0.122 e. The molecule has 2 aromatic rings. The highest BCUT2D eigenvalue weighted by atomic mass is 16.5. The maximum Gasteiger partial charge on any atom is 0.122 e. The lowest BCUT2D eigenvalue weighted by Crippen LogP contribution is -2.13. The van der Waals surface area contributed by atoms with E-state index in [0.29, 0.717) is 6.42 Å². The first-order valence-electron chi connectivity index (χ1n) is 7.46. The molecule has 0 spiro atoms. The number of benzene rings is 2. The van der Waals surface area contributed by atoms with Crippen molar-refractivity contribution in [2.75, 3.05) is 7.11 Å². The van der Waals surface area contributed by atoms with E-state index >= 15 is 0 Å². The number of rotatable bonds is 6. The highest BCUT2D eigenvalue weighted by Crippen LogP contribution is 2.22. The fourth-order valence-corrected chi connectivity index (χ4v) is 2.64. The molecule has 1 unspecified atom stereocenters. The Kier molecular flexibility index (Phi) is 5.40. The minimum absolute atomic E-state index is 0.347. The number of aryl methyl sites for hydroxylation is 3. The fourth-order valence-electron chi connectivity index (χ4n) is 2.64. The molecule has 0 heterocycles. The molecule has 2 heteroatoms. The van der Waals surface area contributed by atoms with Crippen LogP contribution < -0.4 is 4.74 Å². The third-order valence-electron chi connectivity index (χ3n) is 3.90. The van der Waals surface area contributed by atoms with E-state index in [2.05, 4.69) is 38.1 Å². The van der Waals surface area contributed by atoms with E-state index in [1.807, 2.05) is 18.2 Å². The summed E-state index contributed by atoms with van der Waals surface area (Å²) < 4.78 is 5.37. The molecule has 21 heavy (non-hydrogen) atoms. The number of aliphatic hydroxyl groups excluding tert-OH is 1. The molecule has 0 aromatic heterocycles. The second kappa shape index (κ2) is 7.28. The van der Waals surface area contributed by atoms with Crippen LogP contribution in [0.2, 0.25) is 0 Å². The maximum absolute atomic E-state index is 10.3. The first-order valence-corrected chi connectivity index (χ1v) is 7.46. The lowest BCUT2D eigenvalue weighted by molar-refractivity contribution is 0.164. The van der Waals surface area contributed by atoms with E-state index in [4.69, 9.17) is 4.74 Å². The third-order valence-corrected chi connectivity index (χ3v) is 3.90.